The van der Waals surface area contributed by atoms with Crippen molar-refractivity contribution in [2.24, 2.45) is 0 Å². The average Bonchev–Trinajstić information content (AvgIpc) is 2.46. The van der Waals surface area contributed by atoms with Crippen LogP contribution in [0.1, 0.15) is 5.56 Å². The highest BCUT2D eigenvalue weighted by Gasteiger charge is 2.20. The molecule has 0 aliphatic carbocycles. The third-order valence-corrected chi connectivity index (χ3v) is 2.65. The Morgan fingerprint density at radius 3 is 2.86 bits per heavy atom. The van der Waals surface area contributed by atoms with Gasteiger partial charge in [0.05, 0.1) is 26.7 Å². The number of methoxy groups -OCH3 is 1. The molecule has 0 aromatic heterocycles. The predicted molar refractivity (Wildman–Crippen MR) is 77.3 cm³/mol. The molecule has 0 fully saturated rings. The number of aliphatic carboxylic acids is 1. The van der Waals surface area contributed by atoms with Crippen molar-refractivity contribution in [2.75, 3.05) is 20.3 Å². The van der Waals surface area contributed by atoms with E-state index in [1.807, 2.05) is 0 Å². The summed E-state index contributed by atoms with van der Waals surface area (Å²) in [6.45, 7) is 3.59. The van der Waals surface area contributed by atoms with E-state index in [1.54, 1.807) is 24.3 Å². The van der Waals surface area contributed by atoms with Gasteiger partial charge in [0.15, 0.2) is 6.04 Å². The summed E-state index contributed by atoms with van der Waals surface area (Å²) in [7, 11) is 1.54. The molecule has 0 aliphatic heterocycles. The quantitative estimate of drug-likeness (QED) is 0.524. The first-order valence-electron chi connectivity index (χ1n) is 6.40. The molecule has 1 unspecified atom stereocenters. The summed E-state index contributed by atoms with van der Waals surface area (Å²) in [5.41, 5.74) is 0.739. The van der Waals surface area contributed by atoms with Crippen LogP contribution in [0.5, 0.6) is 5.75 Å². The number of carbonyl (C=O) groups is 2. The average molecular weight is 293 g/mol. The van der Waals surface area contributed by atoms with Gasteiger partial charge >= 0.3 is 5.97 Å². The van der Waals surface area contributed by atoms with Gasteiger partial charge in [0.1, 0.15) is 5.75 Å². The number of benzene rings is 1. The molecular weight excluding hydrogens is 274 g/mol. The molecule has 0 aliphatic rings. The van der Waals surface area contributed by atoms with Crippen LogP contribution in [0.25, 0.3) is 0 Å². The zero-order valence-electron chi connectivity index (χ0n) is 11.9. The van der Waals surface area contributed by atoms with Crippen molar-refractivity contribution >= 4 is 11.9 Å². The van der Waals surface area contributed by atoms with Crippen LogP contribution in [0.3, 0.4) is 0 Å². The molecule has 6 heteroatoms. The molecule has 0 spiro atoms. The number of carboxylic acids is 1. The number of nitrogens with one attached hydrogen (secondary N) is 1. The minimum atomic E-state index is -1.14. The van der Waals surface area contributed by atoms with E-state index in [4.69, 9.17) is 14.6 Å². The van der Waals surface area contributed by atoms with Crippen LogP contribution < -0.4 is 10.1 Å². The first kappa shape index (κ1) is 16.7. The number of rotatable bonds is 9. The Hall–Kier alpha value is -2.34. The van der Waals surface area contributed by atoms with E-state index in [0.29, 0.717) is 5.75 Å². The van der Waals surface area contributed by atoms with Crippen molar-refractivity contribution in [3.8, 4) is 5.75 Å². The predicted octanol–water partition coefficient (Wildman–Crippen LogP) is 1.01. The van der Waals surface area contributed by atoms with Gasteiger partial charge in [0.2, 0.25) is 5.91 Å². The third-order valence-electron chi connectivity index (χ3n) is 2.65. The molecule has 114 valence electrons. The second-order valence-electron chi connectivity index (χ2n) is 4.31. The van der Waals surface area contributed by atoms with Gasteiger partial charge in [-0.15, -0.1) is 6.58 Å². The Balaban J connectivity index is 2.56. The largest absolute Gasteiger partial charge is 0.497 e. The molecule has 1 aromatic carbocycles. The number of amides is 1. The molecule has 1 aromatic rings. The lowest BCUT2D eigenvalue weighted by atomic mass is 10.1. The fraction of sp³-hybridized carbons (Fsp3) is 0.333. The van der Waals surface area contributed by atoms with Crippen molar-refractivity contribution in [3.05, 3.63) is 42.5 Å². The lowest BCUT2D eigenvalue weighted by molar-refractivity contribution is -0.143. The fourth-order valence-corrected chi connectivity index (χ4v) is 1.66. The van der Waals surface area contributed by atoms with Crippen LogP contribution in [0, 0.1) is 0 Å². The van der Waals surface area contributed by atoms with Crippen LogP contribution >= 0.6 is 0 Å². The summed E-state index contributed by atoms with van der Waals surface area (Å²) in [5.74, 6) is -0.889. The molecule has 0 heterocycles. The standard InChI is InChI=1S/C15H19NO5/c1-3-7-21-10-13(15(18)19)16-14(17)9-11-5-4-6-12(8-11)20-2/h3-6,8,13H,1,7,9-10H2,2H3,(H,16,17)(H,18,19). The highest BCUT2D eigenvalue weighted by Crippen LogP contribution is 2.12. The summed E-state index contributed by atoms with van der Waals surface area (Å²) < 4.78 is 10.1. The molecule has 0 bridgehead atoms. The number of ether oxygens (including phenoxy) is 2. The van der Waals surface area contributed by atoms with Crippen molar-refractivity contribution < 1.29 is 24.2 Å². The molecule has 0 saturated carbocycles. The van der Waals surface area contributed by atoms with E-state index in [-0.39, 0.29) is 19.6 Å². The minimum Gasteiger partial charge on any atom is -0.497 e. The van der Waals surface area contributed by atoms with Gasteiger partial charge in [0.25, 0.3) is 0 Å². The summed E-state index contributed by atoms with van der Waals surface area (Å²) in [5, 5.41) is 11.5. The number of hydrogen-bond acceptors (Lipinski definition) is 4. The van der Waals surface area contributed by atoms with Gasteiger partial charge < -0.3 is 19.9 Å². The SMILES string of the molecule is C=CCOCC(NC(=O)Cc1cccc(OC)c1)C(=O)O. The maximum Gasteiger partial charge on any atom is 0.328 e. The fourth-order valence-electron chi connectivity index (χ4n) is 1.66. The Kier molecular flexibility index (Phi) is 6.97. The first-order chi connectivity index (χ1) is 10.1. The van der Waals surface area contributed by atoms with Gasteiger partial charge in [-0.1, -0.05) is 18.2 Å². The first-order valence-corrected chi connectivity index (χ1v) is 6.40. The molecule has 0 radical (unpaired) electrons. The molecule has 1 rings (SSSR count). The molecular formula is C15H19NO5. The molecule has 6 nitrogen and oxygen atoms in total. The second-order valence-corrected chi connectivity index (χ2v) is 4.31. The maximum atomic E-state index is 11.9. The Morgan fingerprint density at radius 1 is 1.48 bits per heavy atom. The normalized spacial score (nSPS) is 11.5. The lowest BCUT2D eigenvalue weighted by Gasteiger charge is -2.14. The van der Waals surface area contributed by atoms with Gasteiger partial charge in [0, 0.05) is 0 Å². The van der Waals surface area contributed by atoms with Gasteiger partial charge in [-0.05, 0) is 17.7 Å². The van der Waals surface area contributed by atoms with Crippen molar-refractivity contribution in [1.82, 2.24) is 5.32 Å². The molecule has 2 N–H and O–H groups in total. The highest BCUT2D eigenvalue weighted by molar-refractivity contribution is 5.85. The van der Waals surface area contributed by atoms with Gasteiger partial charge in [-0.25, -0.2) is 4.79 Å². The molecule has 1 atom stereocenters. The summed E-state index contributed by atoms with van der Waals surface area (Å²) >= 11 is 0. The van der Waals surface area contributed by atoms with E-state index >= 15 is 0 Å². The van der Waals surface area contributed by atoms with Crippen LogP contribution in [-0.2, 0) is 20.7 Å². The van der Waals surface area contributed by atoms with Gasteiger partial charge in [-0.2, -0.15) is 0 Å². The number of carboxylic acid groups (broad SMARTS) is 1. The Bertz CT molecular complexity index is 501. The Morgan fingerprint density at radius 2 is 2.24 bits per heavy atom. The molecule has 0 saturated heterocycles. The van der Waals surface area contributed by atoms with Gasteiger partial charge in [-0.3, -0.25) is 4.79 Å². The summed E-state index contributed by atoms with van der Waals surface area (Å²) in [6, 6.07) is 5.95. The van der Waals surface area contributed by atoms with Crippen LogP contribution in [0.15, 0.2) is 36.9 Å². The second kappa shape index (κ2) is 8.76. The molecule has 21 heavy (non-hydrogen) atoms. The van der Waals surface area contributed by atoms with Crippen molar-refractivity contribution in [1.29, 1.82) is 0 Å². The third kappa shape index (κ3) is 6.09. The maximum absolute atomic E-state index is 11.9. The van der Waals surface area contributed by atoms with E-state index in [2.05, 4.69) is 11.9 Å². The van der Waals surface area contributed by atoms with E-state index in [0.717, 1.165) is 5.56 Å². The van der Waals surface area contributed by atoms with E-state index in [9.17, 15) is 9.59 Å². The highest BCUT2D eigenvalue weighted by atomic mass is 16.5. The topological polar surface area (TPSA) is 84.9 Å². The van der Waals surface area contributed by atoms with Crippen LogP contribution in [0.4, 0.5) is 0 Å². The number of hydrogen-bond donors (Lipinski definition) is 2. The smallest absolute Gasteiger partial charge is 0.328 e. The lowest BCUT2D eigenvalue weighted by Crippen LogP contribution is -2.44. The zero-order valence-corrected chi connectivity index (χ0v) is 11.9. The van der Waals surface area contributed by atoms with E-state index < -0.39 is 17.9 Å². The van der Waals surface area contributed by atoms with E-state index in [1.165, 1.54) is 13.2 Å². The van der Waals surface area contributed by atoms with Crippen LogP contribution in [0.2, 0.25) is 0 Å². The molecule has 1 amide bonds. The van der Waals surface area contributed by atoms with Crippen molar-refractivity contribution in [2.45, 2.75) is 12.5 Å². The van der Waals surface area contributed by atoms with Crippen molar-refractivity contribution in [3.63, 3.8) is 0 Å². The summed E-state index contributed by atoms with van der Waals surface area (Å²) in [6.07, 6.45) is 1.58. The minimum absolute atomic E-state index is 0.0719. The summed E-state index contributed by atoms with van der Waals surface area (Å²) in [4.78, 5) is 22.9. The Labute approximate surface area is 123 Å². The van der Waals surface area contributed by atoms with Crippen LogP contribution in [-0.4, -0.2) is 43.3 Å². The monoisotopic (exact) mass is 293 g/mol. The zero-order chi connectivity index (χ0) is 15.7. The number of carbonyl (C=O) groups excluding carboxylic acids is 1.